The van der Waals surface area contributed by atoms with Gasteiger partial charge in [0.15, 0.2) is 0 Å². The topological polar surface area (TPSA) is 52.0 Å². The molecule has 0 saturated carbocycles. The van der Waals surface area contributed by atoms with Crippen LogP contribution in [0.15, 0.2) is 35.4 Å². The molecule has 1 aromatic carbocycles. The summed E-state index contributed by atoms with van der Waals surface area (Å²) in [7, 11) is 0. The van der Waals surface area contributed by atoms with E-state index in [4.69, 9.17) is 5.53 Å². The summed E-state index contributed by atoms with van der Waals surface area (Å²) in [5, 5.41) is 3.81. The molecule has 17 heavy (non-hydrogen) atoms. The molecular weight excluding hydrogens is 212 g/mol. The molecule has 1 aliphatic rings. The van der Waals surface area contributed by atoms with E-state index >= 15 is 0 Å². The molecule has 0 amide bonds. The minimum Gasteiger partial charge on any atom is -0.299 e. The Kier molecular flexibility index (Phi) is 5.53. The predicted octanol–water partition coefficient (Wildman–Crippen LogP) is 3.60. The fraction of sp³-hybridized carbons (Fsp3) is 0.538. The smallest absolute Gasteiger partial charge is 0.0501 e. The van der Waals surface area contributed by atoms with Crippen LogP contribution >= 0.6 is 0 Å². The standard InChI is InChI=1S/C12H16N4.CH4/c13-15-14-12-7-4-8-16(10-12)9-11-5-2-1-3-6-11;/h1-3,5-6,12H,4,7-10H2;1H4/t12-;/m0./s1. The third-order valence-corrected chi connectivity index (χ3v) is 2.94. The first kappa shape index (κ1) is 13.6. The summed E-state index contributed by atoms with van der Waals surface area (Å²) in [6.45, 7) is 2.95. The molecule has 0 spiro atoms. The fourth-order valence-electron chi connectivity index (χ4n) is 2.18. The average molecular weight is 232 g/mol. The summed E-state index contributed by atoms with van der Waals surface area (Å²) in [4.78, 5) is 5.26. The number of azide groups is 1. The Morgan fingerprint density at radius 2 is 2.12 bits per heavy atom. The number of benzene rings is 1. The Balaban J connectivity index is 0.00000144. The lowest BCUT2D eigenvalue weighted by molar-refractivity contribution is 0.201. The Morgan fingerprint density at radius 1 is 1.35 bits per heavy atom. The molecule has 1 aliphatic heterocycles. The number of nitrogens with zero attached hydrogens (tertiary/aromatic N) is 4. The molecule has 1 heterocycles. The van der Waals surface area contributed by atoms with Crippen LogP contribution in [0, 0.1) is 0 Å². The SMILES string of the molecule is C.[N-]=[N+]=N[C@H]1CCCN(Cc2ccccc2)C1. The van der Waals surface area contributed by atoms with Gasteiger partial charge < -0.3 is 0 Å². The van der Waals surface area contributed by atoms with Crippen molar-refractivity contribution in [2.45, 2.75) is 32.9 Å². The summed E-state index contributed by atoms with van der Waals surface area (Å²) in [6.07, 6.45) is 2.14. The van der Waals surface area contributed by atoms with Crippen molar-refractivity contribution in [2.75, 3.05) is 13.1 Å². The maximum absolute atomic E-state index is 8.43. The zero-order valence-corrected chi connectivity index (χ0v) is 9.29. The molecular formula is C13H20N4. The summed E-state index contributed by atoms with van der Waals surface area (Å²) < 4.78 is 0. The van der Waals surface area contributed by atoms with E-state index in [1.165, 1.54) is 5.56 Å². The van der Waals surface area contributed by atoms with E-state index in [0.717, 1.165) is 32.5 Å². The van der Waals surface area contributed by atoms with Crippen LogP contribution in [0.4, 0.5) is 0 Å². The van der Waals surface area contributed by atoms with Gasteiger partial charge in [0.1, 0.15) is 0 Å². The van der Waals surface area contributed by atoms with E-state index in [9.17, 15) is 0 Å². The van der Waals surface area contributed by atoms with Gasteiger partial charge in [-0.3, -0.25) is 4.90 Å². The maximum atomic E-state index is 8.43. The van der Waals surface area contributed by atoms with Gasteiger partial charge >= 0.3 is 0 Å². The maximum Gasteiger partial charge on any atom is 0.0501 e. The van der Waals surface area contributed by atoms with E-state index in [1.54, 1.807) is 0 Å². The Hall–Kier alpha value is -1.51. The van der Waals surface area contributed by atoms with Crippen LogP contribution in [-0.2, 0) is 6.54 Å². The normalized spacial score (nSPS) is 20.1. The fourth-order valence-corrected chi connectivity index (χ4v) is 2.18. The minimum atomic E-state index is 0. The molecule has 1 aromatic rings. The molecule has 0 N–H and O–H groups in total. The molecule has 1 atom stereocenters. The molecule has 0 unspecified atom stereocenters. The largest absolute Gasteiger partial charge is 0.299 e. The summed E-state index contributed by atoms with van der Waals surface area (Å²) in [5.41, 5.74) is 9.76. The van der Waals surface area contributed by atoms with Gasteiger partial charge in [0.05, 0.1) is 6.04 Å². The highest BCUT2D eigenvalue weighted by Gasteiger charge is 2.18. The van der Waals surface area contributed by atoms with Crippen molar-refractivity contribution in [2.24, 2.45) is 5.11 Å². The molecule has 4 nitrogen and oxygen atoms in total. The second-order valence-corrected chi connectivity index (χ2v) is 4.22. The first-order chi connectivity index (χ1) is 7.88. The zero-order chi connectivity index (χ0) is 11.2. The molecule has 2 rings (SSSR count). The highest BCUT2D eigenvalue weighted by molar-refractivity contribution is 5.14. The van der Waals surface area contributed by atoms with Gasteiger partial charge in [0, 0.05) is 18.0 Å². The Labute approximate surface area is 103 Å². The quantitative estimate of drug-likeness (QED) is 0.446. The van der Waals surface area contributed by atoms with Crippen LogP contribution in [0.2, 0.25) is 0 Å². The molecule has 0 aliphatic carbocycles. The molecule has 1 fully saturated rings. The summed E-state index contributed by atoms with van der Waals surface area (Å²) >= 11 is 0. The van der Waals surface area contributed by atoms with E-state index < -0.39 is 0 Å². The molecule has 0 bridgehead atoms. The van der Waals surface area contributed by atoms with Gasteiger partial charge in [-0.05, 0) is 30.5 Å². The van der Waals surface area contributed by atoms with Gasteiger partial charge in [-0.15, -0.1) is 0 Å². The number of likely N-dealkylation sites (tertiary alicyclic amines) is 1. The Bertz CT molecular complexity index is 370. The monoisotopic (exact) mass is 232 g/mol. The van der Waals surface area contributed by atoms with Gasteiger partial charge in [-0.25, -0.2) is 0 Å². The first-order valence-electron chi connectivity index (χ1n) is 5.69. The molecule has 0 radical (unpaired) electrons. The van der Waals surface area contributed by atoms with Crippen LogP contribution in [-0.4, -0.2) is 24.0 Å². The predicted molar refractivity (Wildman–Crippen MR) is 70.6 cm³/mol. The van der Waals surface area contributed by atoms with E-state index in [0.29, 0.717) is 0 Å². The van der Waals surface area contributed by atoms with Crippen molar-refractivity contribution in [1.82, 2.24) is 4.90 Å². The second kappa shape index (κ2) is 6.94. The number of rotatable bonds is 3. The molecule has 1 saturated heterocycles. The highest BCUT2D eigenvalue weighted by Crippen LogP contribution is 2.15. The van der Waals surface area contributed by atoms with Gasteiger partial charge in [0.25, 0.3) is 0 Å². The van der Waals surface area contributed by atoms with Crippen LogP contribution in [0.25, 0.3) is 10.4 Å². The van der Waals surface area contributed by atoms with Crippen molar-refractivity contribution < 1.29 is 0 Å². The van der Waals surface area contributed by atoms with Gasteiger partial charge in [0.2, 0.25) is 0 Å². The average Bonchev–Trinajstić information content (AvgIpc) is 2.31. The van der Waals surface area contributed by atoms with Gasteiger partial charge in [-0.1, -0.05) is 42.9 Å². The summed E-state index contributed by atoms with van der Waals surface area (Å²) in [6, 6.07) is 10.6. The van der Waals surface area contributed by atoms with E-state index in [2.05, 4.69) is 39.2 Å². The third kappa shape index (κ3) is 4.10. The zero-order valence-electron chi connectivity index (χ0n) is 9.29. The van der Waals surface area contributed by atoms with E-state index in [-0.39, 0.29) is 13.5 Å². The molecule has 0 aromatic heterocycles. The van der Waals surface area contributed by atoms with Crippen LogP contribution in [0.1, 0.15) is 25.8 Å². The van der Waals surface area contributed by atoms with Crippen LogP contribution in [0.5, 0.6) is 0 Å². The van der Waals surface area contributed by atoms with Crippen molar-refractivity contribution in [3.05, 3.63) is 46.3 Å². The van der Waals surface area contributed by atoms with Crippen LogP contribution in [0.3, 0.4) is 0 Å². The lowest BCUT2D eigenvalue weighted by Crippen LogP contribution is -2.36. The minimum absolute atomic E-state index is 0. The molecule has 4 heteroatoms. The Morgan fingerprint density at radius 3 is 2.82 bits per heavy atom. The second-order valence-electron chi connectivity index (χ2n) is 4.22. The first-order valence-corrected chi connectivity index (χ1v) is 5.69. The van der Waals surface area contributed by atoms with Gasteiger partial charge in [-0.2, -0.15) is 0 Å². The van der Waals surface area contributed by atoms with E-state index in [1.807, 2.05) is 6.07 Å². The summed E-state index contributed by atoms with van der Waals surface area (Å²) in [5.74, 6) is 0. The number of piperidine rings is 1. The van der Waals surface area contributed by atoms with Crippen molar-refractivity contribution in [3.8, 4) is 0 Å². The van der Waals surface area contributed by atoms with Crippen molar-refractivity contribution in [3.63, 3.8) is 0 Å². The third-order valence-electron chi connectivity index (χ3n) is 2.94. The van der Waals surface area contributed by atoms with Crippen LogP contribution < -0.4 is 0 Å². The number of hydrogen-bond acceptors (Lipinski definition) is 2. The van der Waals surface area contributed by atoms with Crippen molar-refractivity contribution >= 4 is 0 Å². The molecule has 92 valence electrons. The highest BCUT2D eigenvalue weighted by atomic mass is 15.2. The van der Waals surface area contributed by atoms with Crippen molar-refractivity contribution in [1.29, 1.82) is 0 Å². The lowest BCUT2D eigenvalue weighted by atomic mass is 10.1. The lowest BCUT2D eigenvalue weighted by Gasteiger charge is -2.30. The number of hydrogen-bond donors (Lipinski definition) is 0.